The number of halogens is 6. The van der Waals surface area contributed by atoms with Gasteiger partial charge in [-0.15, -0.1) is 0 Å². The molecule has 0 saturated carbocycles. The highest BCUT2D eigenvalue weighted by Gasteiger charge is 2.38. The van der Waals surface area contributed by atoms with Crippen LogP contribution in [0.25, 0.3) is 0 Å². The Kier molecular flexibility index (Phi) is 9.65. The van der Waals surface area contributed by atoms with E-state index in [-0.39, 0.29) is 6.07 Å². The first kappa shape index (κ1) is 31.1. The highest BCUT2D eigenvalue weighted by molar-refractivity contribution is 7.80. The molecule has 0 saturated heterocycles. The number of carbonyl (C=O) groups is 1. The van der Waals surface area contributed by atoms with Crippen molar-refractivity contribution < 1.29 is 45.3 Å². The zero-order valence-electron chi connectivity index (χ0n) is 22.4. The largest absolute Gasteiger partial charge is 0.489 e. The van der Waals surface area contributed by atoms with Crippen LogP contribution in [0.3, 0.4) is 0 Å². The normalized spacial score (nSPS) is 14.8. The Balaban J connectivity index is 1.54. The number of amides is 1. The van der Waals surface area contributed by atoms with Crippen molar-refractivity contribution in [1.29, 1.82) is 0 Å². The third kappa shape index (κ3) is 7.93. The van der Waals surface area contributed by atoms with E-state index in [1.54, 1.807) is 19.1 Å². The Morgan fingerprint density at radius 2 is 1.57 bits per heavy atom. The predicted molar refractivity (Wildman–Crippen MR) is 148 cm³/mol. The van der Waals surface area contributed by atoms with Gasteiger partial charge in [0.2, 0.25) is 0 Å². The van der Waals surface area contributed by atoms with Crippen molar-refractivity contribution >= 4 is 28.9 Å². The maximum Gasteiger partial charge on any atom is 0.416 e. The van der Waals surface area contributed by atoms with E-state index in [1.165, 1.54) is 4.90 Å². The van der Waals surface area contributed by atoms with Crippen molar-refractivity contribution in [3.63, 3.8) is 0 Å². The van der Waals surface area contributed by atoms with Crippen LogP contribution in [0.5, 0.6) is 11.5 Å². The monoisotopic (exact) mass is 611 g/mol. The predicted octanol–water partition coefficient (Wildman–Crippen LogP) is 7.78. The number of carbonyl (C=O) groups excluding carboxylic acids is 1. The van der Waals surface area contributed by atoms with E-state index in [4.69, 9.17) is 26.4 Å². The second kappa shape index (κ2) is 13.0. The molecule has 224 valence electrons. The quantitative estimate of drug-likeness (QED) is 0.173. The van der Waals surface area contributed by atoms with Gasteiger partial charge in [0.05, 0.1) is 17.7 Å². The minimum atomic E-state index is -5.04. The van der Waals surface area contributed by atoms with Crippen molar-refractivity contribution in [3.8, 4) is 11.5 Å². The molecular weight excluding hydrogens is 584 g/mol. The zero-order valence-corrected chi connectivity index (χ0v) is 23.2. The fraction of sp³-hybridized carbons (Fsp3) is 0.333. The van der Waals surface area contributed by atoms with Gasteiger partial charge in [0.1, 0.15) is 18.1 Å². The maximum atomic E-state index is 13.4. The maximum absolute atomic E-state index is 13.4. The summed E-state index contributed by atoms with van der Waals surface area (Å²) in [5.74, 6) is -0.774. The van der Waals surface area contributed by atoms with Crippen molar-refractivity contribution in [2.45, 2.75) is 51.2 Å². The van der Waals surface area contributed by atoms with Crippen LogP contribution in [0.4, 0.5) is 32.0 Å². The second-order valence-corrected chi connectivity index (χ2v) is 10.0. The van der Waals surface area contributed by atoms with Crippen LogP contribution in [-0.4, -0.2) is 30.2 Å². The highest BCUT2D eigenvalue weighted by Crippen LogP contribution is 2.39. The molecule has 42 heavy (non-hydrogen) atoms. The van der Waals surface area contributed by atoms with Gasteiger partial charge in [-0.05, 0) is 79.5 Å². The number of anilines is 1. The summed E-state index contributed by atoms with van der Waals surface area (Å²) in [7, 11) is 0. The Morgan fingerprint density at radius 1 is 0.905 bits per heavy atom. The summed E-state index contributed by atoms with van der Waals surface area (Å²) in [5, 5.41) is 0.368. The van der Waals surface area contributed by atoms with Gasteiger partial charge in [-0.3, -0.25) is 4.79 Å². The minimum Gasteiger partial charge on any atom is -0.489 e. The first-order valence-corrected chi connectivity index (χ1v) is 13.5. The molecule has 12 heteroatoms. The minimum absolute atomic E-state index is 0.000144. The van der Waals surface area contributed by atoms with Gasteiger partial charge >= 0.3 is 12.4 Å². The molecule has 3 aromatic rings. The average molecular weight is 612 g/mol. The molecule has 0 radical (unpaired) electrons. The van der Waals surface area contributed by atoms with Gasteiger partial charge in [-0.1, -0.05) is 30.3 Å². The van der Waals surface area contributed by atoms with E-state index in [9.17, 15) is 31.1 Å². The molecule has 0 aliphatic carbocycles. The number of ether oxygens (including phenoxy) is 3. The Hall–Kier alpha value is -3.80. The molecule has 1 aliphatic heterocycles. The molecule has 0 aromatic heterocycles. The lowest BCUT2D eigenvalue weighted by Gasteiger charge is -2.26. The molecule has 3 aromatic carbocycles. The molecule has 1 unspecified atom stereocenters. The number of rotatable bonds is 10. The van der Waals surface area contributed by atoms with Crippen LogP contribution in [0, 0.1) is 0 Å². The van der Waals surface area contributed by atoms with Gasteiger partial charge in [0.15, 0.2) is 11.7 Å². The van der Waals surface area contributed by atoms with E-state index < -0.39 is 47.8 Å². The highest BCUT2D eigenvalue weighted by atomic mass is 32.1. The molecule has 0 fully saturated rings. The molecule has 0 spiro atoms. The number of fused-ring (bicyclic) bond motifs is 1. The molecule has 4 rings (SSSR count). The number of nitrogens with zero attached hydrogens (tertiary/aromatic N) is 1. The number of hydrogen-bond acceptors (Lipinski definition) is 5. The van der Waals surface area contributed by atoms with E-state index in [0.29, 0.717) is 61.1 Å². The third-order valence-electron chi connectivity index (χ3n) is 6.56. The number of alkyl halides is 6. The molecule has 1 heterocycles. The molecule has 5 nitrogen and oxygen atoms in total. The molecular formula is C30H27F6NO4S. The summed E-state index contributed by atoms with van der Waals surface area (Å²) in [5.41, 5.74) is -0.756. The first-order valence-electron chi connectivity index (χ1n) is 13.0. The number of thiocarbonyl (C=S) groups is 1. The van der Waals surface area contributed by atoms with Crippen LogP contribution >= 0.6 is 12.2 Å². The van der Waals surface area contributed by atoms with Crippen LogP contribution < -0.4 is 14.4 Å². The van der Waals surface area contributed by atoms with Crippen LogP contribution in [0.1, 0.15) is 42.0 Å². The standard InChI is InChI=1S/C30H27F6NO4S/c1-2-39-28(42)11-8-23-12-20-13-24(40-17-19-6-4-3-5-7-19)9-10-26(20)37(23)27(38)18-41-25-15-21(29(31,32)33)14-22(16-25)30(34,35)36/h3-7,9-10,13-16,23H,2,8,11-12,17-18H2,1H3. The summed E-state index contributed by atoms with van der Waals surface area (Å²) in [6, 6.07) is 15.2. The Bertz CT molecular complexity index is 1380. The summed E-state index contributed by atoms with van der Waals surface area (Å²) in [6.07, 6.45) is -8.86. The topological polar surface area (TPSA) is 48.0 Å². The van der Waals surface area contributed by atoms with E-state index in [0.717, 1.165) is 11.1 Å². The zero-order chi connectivity index (χ0) is 30.5. The fourth-order valence-electron chi connectivity index (χ4n) is 4.64. The third-order valence-corrected chi connectivity index (χ3v) is 6.88. The molecule has 1 atom stereocenters. The van der Waals surface area contributed by atoms with Crippen molar-refractivity contribution in [2.24, 2.45) is 0 Å². The summed E-state index contributed by atoms with van der Waals surface area (Å²) >= 11 is 5.23. The Morgan fingerprint density at radius 3 is 2.19 bits per heavy atom. The molecule has 0 N–H and O–H groups in total. The first-order chi connectivity index (χ1) is 19.8. The smallest absolute Gasteiger partial charge is 0.416 e. The fourth-order valence-corrected chi connectivity index (χ4v) is 4.88. The summed E-state index contributed by atoms with van der Waals surface area (Å²) in [6.45, 7) is 1.73. The van der Waals surface area contributed by atoms with E-state index in [2.05, 4.69) is 0 Å². The van der Waals surface area contributed by atoms with Crippen LogP contribution in [0.15, 0.2) is 66.7 Å². The lowest BCUT2D eigenvalue weighted by Crippen LogP contribution is -2.41. The second-order valence-electron chi connectivity index (χ2n) is 9.56. The van der Waals surface area contributed by atoms with Crippen LogP contribution in [-0.2, 0) is 34.9 Å². The Labute approximate surface area is 244 Å². The number of benzene rings is 3. The van der Waals surface area contributed by atoms with E-state index >= 15 is 0 Å². The molecule has 0 bridgehead atoms. The van der Waals surface area contributed by atoms with E-state index in [1.807, 2.05) is 36.4 Å². The van der Waals surface area contributed by atoms with Gasteiger partial charge in [-0.2, -0.15) is 26.3 Å². The summed E-state index contributed by atoms with van der Waals surface area (Å²) in [4.78, 5) is 14.8. The van der Waals surface area contributed by atoms with Gasteiger partial charge < -0.3 is 19.1 Å². The van der Waals surface area contributed by atoms with Crippen molar-refractivity contribution in [3.05, 3.63) is 89.0 Å². The van der Waals surface area contributed by atoms with Gasteiger partial charge in [-0.25, -0.2) is 0 Å². The van der Waals surface area contributed by atoms with Gasteiger partial charge in [0.25, 0.3) is 5.91 Å². The summed E-state index contributed by atoms with van der Waals surface area (Å²) < 4.78 is 96.0. The number of hydrogen-bond donors (Lipinski definition) is 0. The average Bonchev–Trinajstić information content (AvgIpc) is 3.31. The van der Waals surface area contributed by atoms with Crippen LogP contribution in [0.2, 0.25) is 0 Å². The lowest BCUT2D eigenvalue weighted by molar-refractivity contribution is -0.143. The lowest BCUT2D eigenvalue weighted by atomic mass is 10.1. The van der Waals surface area contributed by atoms with Crippen molar-refractivity contribution in [2.75, 3.05) is 18.1 Å². The SMILES string of the molecule is CCOC(=S)CCC1Cc2cc(OCc3ccccc3)ccc2N1C(=O)COc1cc(C(F)(F)F)cc(C(F)(F)F)c1. The molecule has 1 amide bonds. The van der Waals surface area contributed by atoms with Gasteiger partial charge in [0, 0.05) is 18.2 Å². The molecule has 1 aliphatic rings. The van der Waals surface area contributed by atoms with Crippen molar-refractivity contribution in [1.82, 2.24) is 0 Å².